The molecule has 0 spiro atoms. The Morgan fingerprint density at radius 2 is 0.913 bits per heavy atom. The molecule has 23 heavy (non-hydrogen) atoms. The zero-order chi connectivity index (χ0) is 17.6. The second-order valence-corrected chi connectivity index (χ2v) is 7.12. The second-order valence-electron chi connectivity index (χ2n) is 3.97. The molecule has 0 saturated carbocycles. The van der Waals surface area contributed by atoms with Crippen LogP contribution in [0.3, 0.4) is 0 Å². The topological polar surface area (TPSA) is 135 Å². The van der Waals surface area contributed by atoms with E-state index in [0.29, 0.717) is 0 Å². The summed E-state index contributed by atoms with van der Waals surface area (Å²) in [6, 6.07) is 11.4. The van der Waals surface area contributed by atoms with Gasteiger partial charge in [-0.3, -0.25) is 19.1 Å². The minimum atomic E-state index is -4.12. The van der Waals surface area contributed by atoms with Gasteiger partial charge in [0.15, 0.2) is 0 Å². The lowest BCUT2D eigenvalue weighted by molar-refractivity contribution is 0.477. The zero-order valence-corrected chi connectivity index (χ0v) is 13.8. The summed E-state index contributed by atoms with van der Waals surface area (Å²) in [5, 5.41) is 0. The summed E-state index contributed by atoms with van der Waals surface area (Å²) in [4.78, 5) is 7.57. The molecule has 0 amide bonds. The van der Waals surface area contributed by atoms with Crippen LogP contribution >= 0.6 is 0 Å². The van der Waals surface area contributed by atoms with Gasteiger partial charge in [-0.15, -0.1) is 0 Å². The lowest BCUT2D eigenvalue weighted by atomic mass is 10.5. The number of aromatic nitrogens is 2. The average molecular weight is 362 g/mol. The molecule has 0 atom stereocenters. The summed E-state index contributed by atoms with van der Waals surface area (Å²) in [6.45, 7) is 0. The van der Waals surface area contributed by atoms with E-state index in [9.17, 15) is 16.8 Å². The molecule has 8 nitrogen and oxygen atoms in total. The smallest absolute Gasteiger partial charge is 0.264 e. The van der Waals surface area contributed by atoms with Crippen LogP contribution in [0.1, 0.15) is 6.42 Å². The van der Waals surface area contributed by atoms with Crippen molar-refractivity contribution >= 4 is 20.2 Å². The largest absolute Gasteiger partial charge is 0.286 e. The molecule has 0 aliphatic rings. The van der Waals surface area contributed by atoms with Gasteiger partial charge < -0.3 is 0 Å². The molecule has 2 aromatic heterocycles. The standard InChI is InChI=1S/2C5H5N.C3H8O6S2/c2*1-2-4-6-5-3-1;4-10(5,6)2-1-3-11(7,8)9/h2*1-5H;1-3H2,(H,4,5,6)(H,7,8,9). The van der Waals surface area contributed by atoms with Gasteiger partial charge in [0.05, 0.1) is 11.5 Å². The maximum atomic E-state index is 10.00. The first-order chi connectivity index (χ1) is 10.7. The highest BCUT2D eigenvalue weighted by Crippen LogP contribution is 1.92. The Balaban J connectivity index is 0.000000339. The normalized spacial score (nSPS) is 10.5. The van der Waals surface area contributed by atoms with Gasteiger partial charge in [0.2, 0.25) is 0 Å². The van der Waals surface area contributed by atoms with E-state index in [1.54, 1.807) is 24.8 Å². The quantitative estimate of drug-likeness (QED) is 0.777. The van der Waals surface area contributed by atoms with Crippen molar-refractivity contribution in [2.24, 2.45) is 0 Å². The molecule has 2 N–H and O–H groups in total. The van der Waals surface area contributed by atoms with Crippen molar-refractivity contribution in [3.63, 3.8) is 0 Å². The van der Waals surface area contributed by atoms with Crippen molar-refractivity contribution in [3.8, 4) is 0 Å². The van der Waals surface area contributed by atoms with Gasteiger partial charge in [0, 0.05) is 24.8 Å². The summed E-state index contributed by atoms with van der Waals surface area (Å²) in [5.41, 5.74) is 0. The van der Waals surface area contributed by atoms with E-state index >= 15 is 0 Å². The molecule has 2 rings (SSSR count). The minimum absolute atomic E-state index is 0.308. The first-order valence-electron chi connectivity index (χ1n) is 6.31. The number of hydrogen-bond donors (Lipinski definition) is 2. The third-order valence-corrected chi connectivity index (χ3v) is 3.55. The Labute approximate surface area is 135 Å². The molecule has 0 radical (unpaired) electrons. The predicted molar refractivity (Wildman–Crippen MR) is 85.9 cm³/mol. The fraction of sp³-hybridized carbons (Fsp3) is 0.231. The molecular weight excluding hydrogens is 344 g/mol. The van der Waals surface area contributed by atoms with E-state index in [4.69, 9.17) is 9.11 Å². The van der Waals surface area contributed by atoms with Crippen LogP contribution in [-0.4, -0.2) is 47.4 Å². The van der Waals surface area contributed by atoms with Crippen LogP contribution in [0, 0.1) is 0 Å². The molecule has 0 saturated heterocycles. The van der Waals surface area contributed by atoms with Crippen LogP contribution < -0.4 is 0 Å². The van der Waals surface area contributed by atoms with Crippen molar-refractivity contribution in [2.45, 2.75) is 6.42 Å². The molecular formula is C13H18N2O6S2. The summed E-state index contributed by atoms with van der Waals surface area (Å²) in [7, 11) is -8.24. The molecule has 0 unspecified atom stereocenters. The van der Waals surface area contributed by atoms with E-state index in [-0.39, 0.29) is 6.42 Å². The summed E-state index contributed by atoms with van der Waals surface area (Å²) < 4.78 is 56.2. The Morgan fingerprint density at radius 3 is 1.04 bits per heavy atom. The number of hydrogen-bond acceptors (Lipinski definition) is 6. The highest BCUT2D eigenvalue weighted by atomic mass is 32.2. The number of rotatable bonds is 4. The summed E-state index contributed by atoms with van der Waals surface area (Å²) in [6.07, 6.45) is 6.69. The minimum Gasteiger partial charge on any atom is -0.286 e. The molecule has 2 heterocycles. The van der Waals surface area contributed by atoms with Gasteiger partial charge in [-0.2, -0.15) is 16.8 Å². The Bertz CT molecular complexity index is 590. The van der Waals surface area contributed by atoms with E-state index in [1.807, 2.05) is 36.4 Å². The van der Waals surface area contributed by atoms with Crippen LogP contribution in [0.15, 0.2) is 61.2 Å². The molecule has 128 valence electrons. The van der Waals surface area contributed by atoms with E-state index in [2.05, 4.69) is 9.97 Å². The van der Waals surface area contributed by atoms with E-state index < -0.39 is 31.7 Å². The fourth-order valence-corrected chi connectivity index (χ4v) is 2.25. The lowest BCUT2D eigenvalue weighted by Gasteiger charge is -1.94. The third kappa shape index (κ3) is 20.1. The maximum absolute atomic E-state index is 10.00. The second kappa shape index (κ2) is 11.7. The zero-order valence-electron chi connectivity index (χ0n) is 12.1. The monoisotopic (exact) mass is 362 g/mol. The van der Waals surface area contributed by atoms with Crippen LogP contribution in [0.4, 0.5) is 0 Å². The van der Waals surface area contributed by atoms with Crippen LogP contribution in [0.5, 0.6) is 0 Å². The molecule has 10 heteroatoms. The van der Waals surface area contributed by atoms with Gasteiger partial charge in [-0.1, -0.05) is 12.1 Å². The highest BCUT2D eigenvalue weighted by Gasteiger charge is 2.08. The van der Waals surface area contributed by atoms with Crippen molar-refractivity contribution < 1.29 is 25.9 Å². The van der Waals surface area contributed by atoms with Crippen LogP contribution in [0.25, 0.3) is 0 Å². The molecule has 0 fully saturated rings. The fourth-order valence-electron chi connectivity index (χ4n) is 1.05. The SMILES string of the molecule is O=S(=O)(O)CCCS(=O)(=O)O.c1ccncc1.c1ccncc1. The summed E-state index contributed by atoms with van der Waals surface area (Å²) in [5.74, 6) is -1.32. The lowest BCUT2D eigenvalue weighted by Crippen LogP contribution is -2.10. The molecule has 0 aliphatic carbocycles. The Morgan fingerprint density at radius 1 is 0.609 bits per heavy atom. The third-order valence-electron chi connectivity index (χ3n) is 1.94. The Hall–Kier alpha value is -1.88. The highest BCUT2D eigenvalue weighted by molar-refractivity contribution is 7.86. The van der Waals surface area contributed by atoms with Gasteiger partial charge >= 0.3 is 0 Å². The summed E-state index contributed by atoms with van der Waals surface area (Å²) >= 11 is 0. The maximum Gasteiger partial charge on any atom is 0.264 e. The van der Waals surface area contributed by atoms with Crippen molar-refractivity contribution in [2.75, 3.05) is 11.5 Å². The van der Waals surface area contributed by atoms with E-state index in [1.165, 1.54) is 0 Å². The first kappa shape index (κ1) is 21.1. The molecule has 0 aromatic carbocycles. The van der Waals surface area contributed by atoms with Gasteiger partial charge in [0.25, 0.3) is 20.2 Å². The van der Waals surface area contributed by atoms with E-state index in [0.717, 1.165) is 0 Å². The molecule has 0 aliphatic heterocycles. The Kier molecular flexibility index (Phi) is 10.7. The number of pyridine rings is 2. The molecule has 0 bridgehead atoms. The first-order valence-corrected chi connectivity index (χ1v) is 9.53. The van der Waals surface area contributed by atoms with Gasteiger partial charge in [0.1, 0.15) is 0 Å². The van der Waals surface area contributed by atoms with Gasteiger partial charge in [-0.05, 0) is 30.7 Å². The molecule has 2 aromatic rings. The predicted octanol–water partition coefficient (Wildman–Crippen LogP) is 1.32. The van der Waals surface area contributed by atoms with Gasteiger partial charge in [-0.25, -0.2) is 0 Å². The van der Waals surface area contributed by atoms with Crippen LogP contribution in [-0.2, 0) is 20.2 Å². The van der Waals surface area contributed by atoms with Crippen LogP contribution in [0.2, 0.25) is 0 Å². The average Bonchev–Trinajstić information content (AvgIpc) is 2.49. The number of nitrogens with zero attached hydrogens (tertiary/aromatic N) is 2. The van der Waals surface area contributed by atoms with Crippen molar-refractivity contribution in [3.05, 3.63) is 61.2 Å². The van der Waals surface area contributed by atoms with Crippen molar-refractivity contribution in [1.82, 2.24) is 9.97 Å². The van der Waals surface area contributed by atoms with Crippen molar-refractivity contribution in [1.29, 1.82) is 0 Å².